The highest BCUT2D eigenvalue weighted by Crippen LogP contribution is 2.19. The molecule has 18 heavy (non-hydrogen) atoms. The molecule has 0 radical (unpaired) electrons. The lowest BCUT2D eigenvalue weighted by molar-refractivity contribution is 0.344. The summed E-state index contributed by atoms with van der Waals surface area (Å²) in [5.41, 5.74) is 0. The van der Waals surface area contributed by atoms with Crippen LogP contribution in [0.1, 0.15) is 26.7 Å². The molecular formula is C16H22O2. The Kier molecular flexibility index (Phi) is 7.45. The highest BCUT2D eigenvalue weighted by atomic mass is 16.5. The first kappa shape index (κ1) is 14.4. The van der Waals surface area contributed by atoms with Crippen LogP contribution in [0.5, 0.6) is 11.5 Å². The maximum Gasteiger partial charge on any atom is 0.123 e. The van der Waals surface area contributed by atoms with Crippen LogP contribution in [0.15, 0.2) is 48.6 Å². The van der Waals surface area contributed by atoms with Gasteiger partial charge in [0.05, 0.1) is 0 Å². The van der Waals surface area contributed by atoms with Crippen molar-refractivity contribution < 1.29 is 9.47 Å². The van der Waals surface area contributed by atoms with Gasteiger partial charge in [-0.3, -0.25) is 0 Å². The fourth-order valence-corrected chi connectivity index (χ4v) is 1.41. The van der Waals surface area contributed by atoms with E-state index in [9.17, 15) is 0 Å². The Morgan fingerprint density at radius 3 is 1.78 bits per heavy atom. The Morgan fingerprint density at radius 1 is 0.833 bits per heavy atom. The fourth-order valence-electron chi connectivity index (χ4n) is 1.41. The molecule has 0 aliphatic rings. The van der Waals surface area contributed by atoms with Crippen molar-refractivity contribution in [3.05, 3.63) is 48.6 Å². The molecule has 0 unspecified atom stereocenters. The van der Waals surface area contributed by atoms with Gasteiger partial charge in [0.25, 0.3) is 0 Å². The SMILES string of the molecule is CCC=CCOc1cccc(OCC=CCC)c1. The molecule has 0 bridgehead atoms. The predicted molar refractivity (Wildman–Crippen MR) is 76.3 cm³/mol. The second-order valence-electron chi connectivity index (χ2n) is 3.86. The molecule has 0 atom stereocenters. The van der Waals surface area contributed by atoms with E-state index in [-0.39, 0.29) is 0 Å². The average molecular weight is 246 g/mol. The van der Waals surface area contributed by atoms with Crippen LogP contribution in [0.4, 0.5) is 0 Å². The lowest BCUT2D eigenvalue weighted by Gasteiger charge is -2.06. The van der Waals surface area contributed by atoms with Crippen molar-refractivity contribution in [1.29, 1.82) is 0 Å². The Hall–Kier alpha value is -1.70. The quantitative estimate of drug-likeness (QED) is 0.634. The predicted octanol–water partition coefficient (Wildman–Crippen LogP) is 4.38. The van der Waals surface area contributed by atoms with E-state index < -0.39 is 0 Å². The third-order valence-electron chi connectivity index (χ3n) is 2.30. The molecule has 0 heterocycles. The van der Waals surface area contributed by atoms with Gasteiger partial charge in [0, 0.05) is 6.07 Å². The van der Waals surface area contributed by atoms with Crippen molar-refractivity contribution in [3.8, 4) is 11.5 Å². The topological polar surface area (TPSA) is 18.5 Å². The van der Waals surface area contributed by atoms with Crippen LogP contribution in [-0.4, -0.2) is 13.2 Å². The monoisotopic (exact) mass is 246 g/mol. The maximum absolute atomic E-state index is 5.59. The largest absolute Gasteiger partial charge is 0.489 e. The van der Waals surface area contributed by atoms with Crippen molar-refractivity contribution >= 4 is 0 Å². The molecule has 0 amide bonds. The standard InChI is InChI=1S/C16H22O2/c1-3-5-7-12-17-15-10-9-11-16(14-15)18-13-8-6-4-2/h5-11,14H,3-4,12-13H2,1-2H3. The van der Waals surface area contributed by atoms with Gasteiger partial charge in [0.2, 0.25) is 0 Å². The van der Waals surface area contributed by atoms with Gasteiger partial charge in [-0.05, 0) is 25.0 Å². The van der Waals surface area contributed by atoms with E-state index >= 15 is 0 Å². The van der Waals surface area contributed by atoms with Crippen LogP contribution in [0.3, 0.4) is 0 Å². The molecule has 0 spiro atoms. The van der Waals surface area contributed by atoms with Crippen molar-refractivity contribution in [3.63, 3.8) is 0 Å². The van der Waals surface area contributed by atoms with Crippen LogP contribution in [0.2, 0.25) is 0 Å². The minimum atomic E-state index is 0.604. The van der Waals surface area contributed by atoms with E-state index in [2.05, 4.69) is 26.0 Å². The van der Waals surface area contributed by atoms with Gasteiger partial charge in [-0.1, -0.05) is 44.2 Å². The molecule has 1 rings (SSSR count). The Morgan fingerprint density at radius 2 is 1.33 bits per heavy atom. The zero-order valence-corrected chi connectivity index (χ0v) is 11.3. The average Bonchev–Trinajstić information content (AvgIpc) is 2.40. The number of hydrogen-bond acceptors (Lipinski definition) is 2. The van der Waals surface area contributed by atoms with Gasteiger partial charge in [0.1, 0.15) is 24.7 Å². The summed E-state index contributed by atoms with van der Waals surface area (Å²) < 4.78 is 11.2. The second kappa shape index (κ2) is 9.34. The summed E-state index contributed by atoms with van der Waals surface area (Å²) in [7, 11) is 0. The smallest absolute Gasteiger partial charge is 0.123 e. The normalized spacial score (nSPS) is 11.2. The molecule has 0 saturated heterocycles. The third kappa shape index (κ3) is 6.14. The lowest BCUT2D eigenvalue weighted by Crippen LogP contribution is -1.96. The van der Waals surface area contributed by atoms with E-state index in [0.717, 1.165) is 24.3 Å². The first-order valence-corrected chi connectivity index (χ1v) is 6.52. The number of allylic oxidation sites excluding steroid dienone is 2. The molecule has 0 aliphatic carbocycles. The molecule has 0 aliphatic heterocycles. The van der Waals surface area contributed by atoms with Crippen LogP contribution < -0.4 is 9.47 Å². The van der Waals surface area contributed by atoms with E-state index in [1.165, 1.54) is 0 Å². The van der Waals surface area contributed by atoms with Crippen LogP contribution in [0, 0.1) is 0 Å². The minimum Gasteiger partial charge on any atom is -0.489 e. The minimum absolute atomic E-state index is 0.604. The zero-order chi connectivity index (χ0) is 13.1. The summed E-state index contributed by atoms with van der Waals surface area (Å²) in [6, 6.07) is 7.74. The van der Waals surface area contributed by atoms with Gasteiger partial charge in [-0.2, -0.15) is 0 Å². The van der Waals surface area contributed by atoms with Gasteiger partial charge < -0.3 is 9.47 Å². The number of hydrogen-bond donors (Lipinski definition) is 0. The second-order valence-corrected chi connectivity index (χ2v) is 3.86. The number of ether oxygens (including phenoxy) is 2. The van der Waals surface area contributed by atoms with Gasteiger partial charge in [-0.25, -0.2) is 0 Å². The summed E-state index contributed by atoms with van der Waals surface area (Å²) in [4.78, 5) is 0. The number of rotatable bonds is 8. The van der Waals surface area contributed by atoms with Crippen molar-refractivity contribution in [1.82, 2.24) is 0 Å². The molecule has 98 valence electrons. The summed E-state index contributed by atoms with van der Waals surface area (Å²) in [5, 5.41) is 0. The van der Waals surface area contributed by atoms with Crippen molar-refractivity contribution in [2.45, 2.75) is 26.7 Å². The molecule has 0 saturated carbocycles. The first-order valence-electron chi connectivity index (χ1n) is 6.52. The van der Waals surface area contributed by atoms with Gasteiger partial charge in [-0.15, -0.1) is 0 Å². The molecule has 2 nitrogen and oxygen atoms in total. The molecule has 0 N–H and O–H groups in total. The zero-order valence-electron chi connectivity index (χ0n) is 11.3. The summed E-state index contributed by atoms with van der Waals surface area (Å²) in [6.07, 6.45) is 10.3. The lowest BCUT2D eigenvalue weighted by atomic mass is 10.3. The highest BCUT2D eigenvalue weighted by Gasteiger charge is 1.96. The van der Waals surface area contributed by atoms with Gasteiger partial charge in [0.15, 0.2) is 0 Å². The van der Waals surface area contributed by atoms with Gasteiger partial charge >= 0.3 is 0 Å². The van der Waals surface area contributed by atoms with Crippen molar-refractivity contribution in [2.75, 3.05) is 13.2 Å². The van der Waals surface area contributed by atoms with Crippen LogP contribution in [0.25, 0.3) is 0 Å². The first-order chi connectivity index (χ1) is 8.86. The third-order valence-corrected chi connectivity index (χ3v) is 2.30. The summed E-state index contributed by atoms with van der Waals surface area (Å²) in [5.74, 6) is 1.68. The van der Waals surface area contributed by atoms with E-state index in [0.29, 0.717) is 13.2 Å². The molecule has 2 heteroatoms. The summed E-state index contributed by atoms with van der Waals surface area (Å²) in [6.45, 7) is 5.42. The molecule has 0 fully saturated rings. The Balaban J connectivity index is 2.41. The maximum atomic E-state index is 5.59. The van der Waals surface area contributed by atoms with E-state index in [1.807, 2.05) is 36.4 Å². The van der Waals surface area contributed by atoms with Crippen LogP contribution >= 0.6 is 0 Å². The summed E-state index contributed by atoms with van der Waals surface area (Å²) >= 11 is 0. The Bertz CT molecular complexity index is 347. The van der Waals surface area contributed by atoms with E-state index in [1.54, 1.807) is 0 Å². The van der Waals surface area contributed by atoms with Crippen molar-refractivity contribution in [2.24, 2.45) is 0 Å². The molecule has 1 aromatic rings. The molecule has 0 aromatic heterocycles. The molecule has 1 aromatic carbocycles. The van der Waals surface area contributed by atoms with E-state index in [4.69, 9.17) is 9.47 Å². The van der Waals surface area contributed by atoms with Crippen LogP contribution in [-0.2, 0) is 0 Å². The molecular weight excluding hydrogens is 224 g/mol. The highest BCUT2D eigenvalue weighted by molar-refractivity contribution is 5.33. The number of benzene rings is 1. The fraction of sp³-hybridized carbons (Fsp3) is 0.375. The Labute approximate surface area is 110 Å².